The molecular weight excluding hydrogens is 702 g/mol. The van der Waals surface area contributed by atoms with E-state index in [1.54, 1.807) is 56.0 Å². The van der Waals surface area contributed by atoms with Crippen LogP contribution in [-0.2, 0) is 27.7 Å². The molecule has 0 spiro atoms. The number of carbonyl (C=O) groups excluding carboxylic acids is 1. The molecule has 1 amide bonds. The number of likely N-dealkylation sites (tertiary alicyclic amines) is 1. The second-order valence-electron chi connectivity index (χ2n) is 13.3. The summed E-state index contributed by atoms with van der Waals surface area (Å²) < 4.78 is 77.2. The van der Waals surface area contributed by atoms with Crippen LogP contribution in [0.5, 0.6) is 11.5 Å². The Hall–Kier alpha value is -4.49. The molecule has 1 aromatic heterocycles. The number of halogens is 3. The minimum atomic E-state index is -4.71. The summed E-state index contributed by atoms with van der Waals surface area (Å²) >= 11 is 6.14. The van der Waals surface area contributed by atoms with E-state index in [0.717, 1.165) is 22.3 Å². The van der Waals surface area contributed by atoms with Crippen LogP contribution in [-0.4, -0.2) is 62.3 Å². The quantitative estimate of drug-likeness (QED) is 0.153. The number of hydrogen-bond acceptors (Lipinski definition) is 8. The van der Waals surface area contributed by atoms with Gasteiger partial charge >= 0.3 is 6.09 Å². The van der Waals surface area contributed by atoms with Crippen LogP contribution in [0, 0.1) is 17.6 Å². The van der Waals surface area contributed by atoms with Crippen molar-refractivity contribution in [3.63, 3.8) is 0 Å². The number of aryl methyl sites for hydroxylation is 1. The van der Waals surface area contributed by atoms with E-state index < -0.39 is 38.2 Å². The summed E-state index contributed by atoms with van der Waals surface area (Å²) in [5.41, 5.74) is 0.799. The number of methoxy groups -OCH3 is 2. The minimum Gasteiger partial charge on any atom is -0.497 e. The van der Waals surface area contributed by atoms with Crippen molar-refractivity contribution in [2.75, 3.05) is 31.6 Å². The number of carbonyl (C=O) groups is 1. The Morgan fingerprint density at radius 2 is 1.75 bits per heavy atom. The third kappa shape index (κ3) is 9.06. The number of ether oxygens (including phenoxy) is 3. The third-order valence-electron chi connectivity index (χ3n) is 8.77. The number of aromatic nitrogens is 2. The van der Waals surface area contributed by atoms with E-state index in [1.165, 1.54) is 26.5 Å². The normalized spacial score (nSPS) is 16.4. The summed E-state index contributed by atoms with van der Waals surface area (Å²) in [6.07, 6.45) is 3.20. The van der Waals surface area contributed by atoms with E-state index >= 15 is 8.78 Å². The van der Waals surface area contributed by atoms with Gasteiger partial charge < -0.3 is 19.1 Å². The second-order valence-corrected chi connectivity index (χ2v) is 15.6. The predicted octanol–water partition coefficient (Wildman–Crippen LogP) is 7.79. The molecule has 1 aliphatic heterocycles. The van der Waals surface area contributed by atoms with Gasteiger partial charge in [-0.1, -0.05) is 23.7 Å². The van der Waals surface area contributed by atoms with Gasteiger partial charge in [-0.3, -0.25) is 0 Å². The number of hydrogen-bond donors (Lipinski definition) is 0. The molecule has 0 bridgehead atoms. The van der Waals surface area contributed by atoms with E-state index in [1.807, 2.05) is 12.1 Å². The van der Waals surface area contributed by atoms with Gasteiger partial charge in [-0.05, 0) is 99.4 Å². The second kappa shape index (κ2) is 15.8. The minimum absolute atomic E-state index is 0.0149. The van der Waals surface area contributed by atoms with Gasteiger partial charge in [-0.15, -0.1) is 0 Å². The van der Waals surface area contributed by atoms with Crippen molar-refractivity contribution in [2.45, 2.75) is 63.0 Å². The number of nitrogens with zero attached hydrogens (tertiary/aromatic N) is 4. The molecule has 10 nitrogen and oxygen atoms in total. The molecule has 14 heteroatoms. The highest BCUT2D eigenvalue weighted by molar-refractivity contribution is 7.92. The van der Waals surface area contributed by atoms with Crippen molar-refractivity contribution in [2.24, 2.45) is 5.92 Å². The molecule has 2 heterocycles. The lowest BCUT2D eigenvalue weighted by Crippen LogP contribution is -2.45. The first kappa shape index (κ1) is 37.8. The Bertz CT molecular complexity index is 1950. The molecular formula is C37H41ClF2N4O6S. The zero-order valence-corrected chi connectivity index (χ0v) is 30.7. The fraction of sp³-hybridized carbons (Fsp3) is 0.378. The van der Waals surface area contributed by atoms with Gasteiger partial charge in [0.25, 0.3) is 10.0 Å². The van der Waals surface area contributed by atoms with Crippen LogP contribution in [0.4, 0.5) is 19.4 Å². The number of sulfonamides is 1. The largest absolute Gasteiger partial charge is 0.497 e. The van der Waals surface area contributed by atoms with Crippen LogP contribution in [0.15, 0.2) is 78.1 Å². The van der Waals surface area contributed by atoms with Crippen LogP contribution < -0.4 is 13.8 Å². The number of amides is 1. The molecule has 2 atom stereocenters. The van der Waals surface area contributed by atoms with Crippen LogP contribution in [0.25, 0.3) is 0 Å². The first-order valence-electron chi connectivity index (χ1n) is 16.4. The van der Waals surface area contributed by atoms with Crippen molar-refractivity contribution in [1.29, 1.82) is 0 Å². The molecule has 5 rings (SSSR count). The van der Waals surface area contributed by atoms with Gasteiger partial charge in [0.1, 0.15) is 45.8 Å². The topological polar surface area (TPSA) is 111 Å². The molecule has 0 radical (unpaired) electrons. The van der Waals surface area contributed by atoms with E-state index in [0.29, 0.717) is 54.1 Å². The molecule has 4 aromatic rings. The highest BCUT2D eigenvalue weighted by atomic mass is 35.5. The van der Waals surface area contributed by atoms with Crippen LogP contribution >= 0.6 is 11.6 Å². The van der Waals surface area contributed by atoms with Gasteiger partial charge in [-0.25, -0.2) is 36.3 Å². The molecule has 3 aromatic carbocycles. The lowest BCUT2D eigenvalue weighted by atomic mass is 9.77. The maximum Gasteiger partial charge on any atom is 0.410 e. The number of rotatable bonds is 11. The van der Waals surface area contributed by atoms with Crippen LogP contribution in [0.1, 0.15) is 56.2 Å². The molecule has 51 heavy (non-hydrogen) atoms. The standard InChI is InChI=1S/C37H41ClF2N4O6S/c1-37(2,3)50-36(45)43-17-15-30(24-8-11-28(38)12-9-24)26(21-43)7-6-25-18-32(40)34(20-31(25)39)51(46,47)44(35-14-16-41-23-42-35)22-27-10-13-29(48-4)19-33(27)49-5/h8-14,16,18-20,23,26,30H,6-7,15,17,21-22H2,1-5H3/t26-,30+/m1/s1. The van der Waals surface area contributed by atoms with Crippen molar-refractivity contribution in [3.05, 3.63) is 107 Å². The molecule has 1 fully saturated rings. The molecule has 0 unspecified atom stereocenters. The smallest absolute Gasteiger partial charge is 0.410 e. The monoisotopic (exact) mass is 742 g/mol. The van der Waals surface area contributed by atoms with E-state index in [-0.39, 0.29) is 36.2 Å². The zero-order valence-electron chi connectivity index (χ0n) is 29.1. The number of benzene rings is 3. The first-order valence-corrected chi connectivity index (χ1v) is 18.2. The molecule has 272 valence electrons. The average Bonchev–Trinajstić information content (AvgIpc) is 3.10. The van der Waals surface area contributed by atoms with Crippen molar-refractivity contribution in [3.8, 4) is 11.5 Å². The predicted molar refractivity (Wildman–Crippen MR) is 190 cm³/mol. The maximum atomic E-state index is 15.9. The first-order chi connectivity index (χ1) is 24.2. The van der Waals surface area contributed by atoms with Gasteiger partial charge in [-0.2, -0.15) is 0 Å². The van der Waals surface area contributed by atoms with Gasteiger partial charge in [0.05, 0.1) is 20.8 Å². The van der Waals surface area contributed by atoms with Gasteiger partial charge in [0.2, 0.25) is 0 Å². The van der Waals surface area contributed by atoms with Crippen molar-refractivity contribution < 1.29 is 36.2 Å². The number of anilines is 1. The van der Waals surface area contributed by atoms with Crippen LogP contribution in [0.2, 0.25) is 5.02 Å². The summed E-state index contributed by atoms with van der Waals surface area (Å²) in [7, 11) is -1.79. The van der Waals surface area contributed by atoms with Gasteiger partial charge in [0.15, 0.2) is 0 Å². The lowest BCUT2D eigenvalue weighted by Gasteiger charge is -2.39. The Balaban J connectivity index is 1.42. The Morgan fingerprint density at radius 1 is 1.00 bits per heavy atom. The van der Waals surface area contributed by atoms with Crippen molar-refractivity contribution >= 4 is 33.5 Å². The average molecular weight is 743 g/mol. The third-order valence-corrected chi connectivity index (χ3v) is 10.8. The molecule has 0 aliphatic carbocycles. The van der Waals surface area contributed by atoms with Crippen molar-refractivity contribution in [1.82, 2.24) is 14.9 Å². The summed E-state index contributed by atoms with van der Waals surface area (Å²) in [5, 5.41) is 0.593. The summed E-state index contributed by atoms with van der Waals surface area (Å²) in [5.74, 6) is -1.33. The molecule has 1 aliphatic rings. The van der Waals surface area contributed by atoms with E-state index in [9.17, 15) is 13.2 Å². The zero-order chi connectivity index (χ0) is 36.9. The fourth-order valence-corrected chi connectivity index (χ4v) is 7.83. The summed E-state index contributed by atoms with van der Waals surface area (Å²) in [6.45, 7) is 5.91. The van der Waals surface area contributed by atoms with E-state index in [2.05, 4.69) is 9.97 Å². The Morgan fingerprint density at radius 3 is 2.39 bits per heavy atom. The molecule has 0 saturated carbocycles. The highest BCUT2D eigenvalue weighted by Crippen LogP contribution is 2.38. The van der Waals surface area contributed by atoms with E-state index in [4.69, 9.17) is 25.8 Å². The molecule has 1 saturated heterocycles. The fourth-order valence-electron chi connectivity index (χ4n) is 6.24. The Kier molecular flexibility index (Phi) is 11.7. The SMILES string of the molecule is COc1ccc(CN(c2ccncn2)S(=O)(=O)c2cc(F)c(CC[C@@H]3CN(C(=O)OC(C)(C)C)CC[C@H]3c3ccc(Cl)cc3)cc2F)c(OC)c1. The Labute approximate surface area is 302 Å². The van der Waals surface area contributed by atoms with Gasteiger partial charge in [0, 0.05) is 42.0 Å². The summed E-state index contributed by atoms with van der Waals surface area (Å²) in [4.78, 5) is 21.7. The molecule has 0 N–H and O–H groups in total. The van der Waals surface area contributed by atoms with Crippen LogP contribution in [0.3, 0.4) is 0 Å². The highest BCUT2D eigenvalue weighted by Gasteiger charge is 2.35. The number of piperidine rings is 1. The maximum absolute atomic E-state index is 15.9. The lowest BCUT2D eigenvalue weighted by molar-refractivity contribution is 0.0139. The summed E-state index contributed by atoms with van der Waals surface area (Å²) in [6, 6.07) is 15.3.